The highest BCUT2D eigenvalue weighted by Crippen LogP contribution is 2.45. The molecule has 4 rings (SSSR count). The maximum atomic E-state index is 11.6. The fraction of sp³-hybridized carbons (Fsp3) is 0.759. The number of ether oxygens (including phenoxy) is 3. The Morgan fingerprint density at radius 1 is 0.493 bits per heavy atom. The number of halogens is 3. The number of epoxide rings is 3. The van der Waals surface area contributed by atoms with Crippen molar-refractivity contribution < 1.29 is 88.6 Å². The molecule has 4 aliphatic rings. The summed E-state index contributed by atoms with van der Waals surface area (Å²) in [7, 11) is -6.14. The van der Waals surface area contributed by atoms with Crippen LogP contribution in [0.25, 0.3) is 4.85 Å². The number of alkyl halides is 3. The summed E-state index contributed by atoms with van der Waals surface area (Å²) in [5.41, 5.74) is -2.89. The van der Waals surface area contributed by atoms with Crippen molar-refractivity contribution in [1.82, 2.24) is 0 Å². The van der Waals surface area contributed by atoms with Crippen molar-refractivity contribution >= 4 is 128 Å². The van der Waals surface area contributed by atoms with E-state index in [1.807, 2.05) is 220 Å². The molecule has 3 saturated heterocycles. The molecule has 26 heteroatoms. The van der Waals surface area contributed by atoms with Crippen LogP contribution in [0.3, 0.4) is 0 Å². The second-order valence-corrected chi connectivity index (χ2v) is 54.7. The molecule has 1 aliphatic carbocycles. The average molecular weight is 2040 g/mol. The Morgan fingerprint density at radius 2 is 0.828 bits per heavy atom. The number of allylic oxidation sites excluding steroid dienone is 7. The van der Waals surface area contributed by atoms with Crippen molar-refractivity contribution in [3.8, 4) is 18.4 Å². The second-order valence-electron chi connectivity index (χ2n) is 47.9. The number of hydrogen-bond donors (Lipinski definition) is 0. The zero-order chi connectivity index (χ0) is 111. The third-order valence-electron chi connectivity index (χ3n) is 17.2. The van der Waals surface area contributed by atoms with Gasteiger partial charge in [0.15, 0.2) is 65.9 Å². The lowest BCUT2D eigenvalue weighted by Crippen LogP contribution is -2.31. The molecule has 0 N–H and O–H groups in total. The maximum absolute atomic E-state index is 11.6. The minimum Gasteiger partial charge on any atom is -0.373 e. The van der Waals surface area contributed by atoms with Crippen molar-refractivity contribution in [2.45, 2.75) is 425 Å². The summed E-state index contributed by atoms with van der Waals surface area (Å²) < 4.78 is 57.2. The van der Waals surface area contributed by atoms with Gasteiger partial charge >= 0.3 is 0 Å². The number of carbonyl (C=O) groups is 12. The van der Waals surface area contributed by atoms with E-state index >= 15 is 0 Å². The van der Waals surface area contributed by atoms with E-state index in [1.165, 1.54) is 25.8 Å². The summed E-state index contributed by atoms with van der Waals surface area (Å²) in [4.78, 5) is 134. The molecule has 0 aromatic carbocycles. The highest BCUT2D eigenvalue weighted by atomic mass is 79.9. The van der Waals surface area contributed by atoms with E-state index in [4.69, 9.17) is 55.7 Å². The highest BCUT2D eigenvalue weighted by Gasteiger charge is 2.60. The predicted molar refractivity (Wildman–Crippen MR) is 568 cm³/mol. The molecule has 21 nitrogen and oxygen atoms in total. The van der Waals surface area contributed by atoms with Gasteiger partial charge in [-0.25, -0.2) is 23.4 Å². The van der Waals surface area contributed by atoms with Gasteiger partial charge in [0.2, 0.25) is 17.3 Å². The smallest absolute Gasteiger partial charge is 0.290 e. The number of nitriles is 1. The number of hydrogen-bond acceptors (Lipinski definition) is 20. The van der Waals surface area contributed by atoms with Gasteiger partial charge < -0.3 is 19.1 Å². The van der Waals surface area contributed by atoms with Crippen LogP contribution in [-0.4, -0.2) is 156 Å². The fourth-order valence-corrected chi connectivity index (χ4v) is 9.84. The van der Waals surface area contributed by atoms with Crippen molar-refractivity contribution in [3.05, 3.63) is 72.5 Å². The van der Waals surface area contributed by atoms with Gasteiger partial charge in [0.05, 0.1) is 65.2 Å². The van der Waals surface area contributed by atoms with E-state index in [1.54, 1.807) is 113 Å². The van der Waals surface area contributed by atoms with Crippen molar-refractivity contribution in [1.29, 1.82) is 5.26 Å². The third kappa shape index (κ3) is 91.2. The molecule has 0 aromatic rings. The SMILES string of the molecule is C#CC(=O)C(C)(C)C.C/C=C/C(=O)C(C)(C)C.C/C=C\C(=O)C(C)(C)C.C=CC(=O)C(C)(C)C.C=CS(=O)(=O)C(C)(C)C.CC(=O)C(=O)C(C)(C)C.CC(C)(C)C(=O)C1CO1.CC(C)(C)C(=O)CBr.CC(C)(C)C(=O)CC#N.CC(C)(C)C(=O)CCl.CC(C)(C)C1CO1.CC(C)(C)CC1CO1.CC(C)(C)S(=O)(=O)CCl.CC/C=C/C(=O)C(C)(C)C.CCC.[C-]#[N+]C1(C(=O)C(C)(C)C)CC1. The Morgan fingerprint density at radius 3 is 0.888 bits per heavy atom. The molecule has 1 saturated carbocycles. The van der Waals surface area contributed by atoms with Gasteiger partial charge in [-0.1, -0.05) is 345 Å². The molecular formula is C108H193BrCl2N2O19S2. The standard InChI is InChI=1S/C9H13NO.C9H16O.2C8H14O.C7H11NO.2C7H12O2.C7H14O.C7H12O.C7H10O.C6H11BrO.C6H11ClO.C6H12O2S.C6H12O.C5H11ClO2S.C3H8/c1-8(2,3)7(11)9(10-4)5-6-9;1-5-6-7-8(10)9(2,3)4;2*1-5-6-7(9)8(2,3)4;1-7(2,3)6(9)4-5-8;1-7(2,3)6(8)5-4-9-5;1-5(8)6(9)7(2,3)4;1-7(2,3)4-6-5-8-6;2*1-5-6(8)7(2,3)4;2*1-6(2,3)5(8)4-7;1-5-9(7,8)6(2,3)4;1-6(2,3)5-4-7-5;1-5(2,3)9(7,8)4-6;1-3-2/h5-6H2,1-3H3;6-7H,5H2,1-4H3;2*5-6H,1-4H3;4H2,1-3H3;5H,4H2,1-3H3;1-4H3;6H,4-5H2,1-3H3;5H,1H2,2-4H3;1H,2-4H3;2*4H2,1-3H3;5H,1H2,2-4H3;5H,4H2,1-3H3;4H2,1-3H3;3H2,1-2H3/b;7-6+;6-5+;6-5-;;;;;;;;;;;;. The molecule has 0 amide bonds. The van der Waals surface area contributed by atoms with Crippen LogP contribution in [0.5, 0.6) is 0 Å². The molecule has 3 heterocycles. The summed E-state index contributed by atoms with van der Waals surface area (Å²) in [5.74, 6) is 2.74. The maximum Gasteiger partial charge on any atom is 0.290 e. The van der Waals surface area contributed by atoms with Gasteiger partial charge in [-0.3, -0.25) is 57.5 Å². The van der Waals surface area contributed by atoms with E-state index in [-0.39, 0.29) is 147 Å². The summed E-state index contributed by atoms with van der Waals surface area (Å²) in [6.45, 7) is 112. The molecule has 3 unspecified atom stereocenters. The van der Waals surface area contributed by atoms with E-state index in [2.05, 4.69) is 95.2 Å². The molecule has 0 bridgehead atoms. The van der Waals surface area contributed by atoms with Crippen LogP contribution in [0.1, 0.15) is 392 Å². The molecule has 782 valence electrons. The molecule has 3 atom stereocenters. The largest absolute Gasteiger partial charge is 0.373 e. The summed E-state index contributed by atoms with van der Waals surface area (Å²) in [6.07, 6.45) is 22.6. The predicted octanol–water partition coefficient (Wildman–Crippen LogP) is 27.0. The topological polar surface area (TPSA) is 339 Å². The first kappa shape index (κ1) is 154. The Bertz CT molecular complexity index is 3960. The molecular weight excluding hydrogens is 1840 g/mol. The van der Waals surface area contributed by atoms with E-state index in [0.29, 0.717) is 35.0 Å². The number of rotatable bonds is 14. The number of Topliss-reactive ketones (excluding diaryl/α,β-unsaturated/α-hetero) is 8. The summed E-state index contributed by atoms with van der Waals surface area (Å²) >= 11 is 13.6. The van der Waals surface area contributed by atoms with Crippen LogP contribution in [0.4, 0.5) is 0 Å². The van der Waals surface area contributed by atoms with E-state index < -0.39 is 40.1 Å². The molecule has 3 aliphatic heterocycles. The van der Waals surface area contributed by atoms with Gasteiger partial charge in [-0.2, -0.15) is 5.26 Å². The zero-order valence-corrected chi connectivity index (χ0v) is 98.7. The van der Waals surface area contributed by atoms with Crippen molar-refractivity contribution in [2.75, 3.05) is 36.2 Å². The Balaban J connectivity index is -0.000000119. The van der Waals surface area contributed by atoms with E-state index in [0.717, 1.165) is 37.9 Å². The monoisotopic (exact) mass is 2040 g/mol. The van der Waals surface area contributed by atoms with Gasteiger partial charge in [0, 0.05) is 84.7 Å². The van der Waals surface area contributed by atoms with Gasteiger partial charge in [0.1, 0.15) is 17.1 Å². The van der Waals surface area contributed by atoms with Crippen LogP contribution in [0.2, 0.25) is 0 Å². The Labute approximate surface area is 838 Å². The molecule has 4 fully saturated rings. The molecule has 0 spiro atoms. The van der Waals surface area contributed by atoms with Gasteiger partial charge in [-0.15, -0.1) is 29.6 Å². The summed E-state index contributed by atoms with van der Waals surface area (Å²) in [6, 6.07) is 1.82. The second kappa shape index (κ2) is 67.5. The lowest BCUT2D eigenvalue weighted by Gasteiger charge is -2.16. The zero-order valence-electron chi connectivity index (χ0n) is 93.9. The third-order valence-corrected chi connectivity index (χ3v) is 23.1. The number of terminal acetylenes is 1. The number of ketones is 12. The van der Waals surface area contributed by atoms with Crippen molar-refractivity contribution in [2.24, 2.45) is 70.4 Å². The minimum absolute atomic E-state index is 0.00463. The normalized spacial score (nSPS) is 15.3. The first-order chi connectivity index (χ1) is 58.9. The molecule has 0 aromatic heterocycles. The summed E-state index contributed by atoms with van der Waals surface area (Å²) in [5, 5.41) is 9.30. The number of nitrogens with zero attached hydrogens (tertiary/aromatic N) is 2. The van der Waals surface area contributed by atoms with E-state index in [9.17, 15) is 74.4 Å². The average Bonchev–Trinajstić information content (AvgIpc) is 1.62. The van der Waals surface area contributed by atoms with Crippen LogP contribution >= 0.6 is 39.1 Å². The quantitative estimate of drug-likeness (QED) is 0.0296. The lowest BCUT2D eigenvalue weighted by molar-refractivity contribution is -0.140. The molecule has 134 heavy (non-hydrogen) atoms. The Kier molecular flexibility index (Phi) is 77.3. The Hall–Kier alpha value is -5.88. The first-order valence-electron chi connectivity index (χ1n) is 45.7. The number of carbonyl (C=O) groups excluding carboxylic acids is 12. The lowest BCUT2D eigenvalue weighted by atomic mass is 9.85. The first-order valence-corrected chi connectivity index (χ1v) is 51.1. The molecule has 0 radical (unpaired) electrons. The number of sulfone groups is 2. The van der Waals surface area contributed by atoms with Crippen LogP contribution < -0.4 is 0 Å². The van der Waals surface area contributed by atoms with Crippen LogP contribution in [0, 0.1) is 101 Å². The van der Waals surface area contributed by atoms with Crippen molar-refractivity contribution in [3.63, 3.8) is 0 Å². The highest BCUT2D eigenvalue weighted by molar-refractivity contribution is 9.09. The van der Waals surface area contributed by atoms with Crippen LogP contribution in [0.15, 0.2) is 61.1 Å². The van der Waals surface area contributed by atoms with Gasteiger partial charge in [0.25, 0.3) is 5.54 Å². The van der Waals surface area contributed by atoms with Gasteiger partial charge in [-0.05, 0) is 109 Å². The fourth-order valence-electron chi connectivity index (χ4n) is 6.79. The minimum atomic E-state index is -3.07. The van der Waals surface area contributed by atoms with Crippen LogP contribution in [-0.2, 0) is 91.4 Å².